The zero-order valence-electron chi connectivity index (χ0n) is 12.7. The van der Waals surface area contributed by atoms with Crippen molar-refractivity contribution in [2.45, 2.75) is 71.6 Å². The van der Waals surface area contributed by atoms with Crippen molar-refractivity contribution in [2.24, 2.45) is 0 Å². The summed E-state index contributed by atoms with van der Waals surface area (Å²) >= 11 is 0. The molecule has 0 unspecified atom stereocenters. The van der Waals surface area contributed by atoms with Gasteiger partial charge in [0.2, 0.25) is 0 Å². The van der Waals surface area contributed by atoms with Gasteiger partial charge in [-0.3, -0.25) is 4.79 Å². The van der Waals surface area contributed by atoms with Gasteiger partial charge < -0.3 is 4.74 Å². The van der Waals surface area contributed by atoms with E-state index in [4.69, 9.17) is 4.74 Å². The molecule has 0 radical (unpaired) electrons. The number of esters is 1. The minimum Gasteiger partial charge on any atom is -0.466 e. The highest BCUT2D eigenvalue weighted by molar-refractivity contribution is 5.69. The minimum absolute atomic E-state index is 0.0557. The van der Waals surface area contributed by atoms with Gasteiger partial charge in [-0.1, -0.05) is 44.1 Å². The van der Waals surface area contributed by atoms with Gasteiger partial charge >= 0.3 is 5.97 Å². The fraction of sp³-hybridized carbons (Fsp3) is 0.706. The largest absolute Gasteiger partial charge is 0.466 e. The zero-order valence-corrected chi connectivity index (χ0v) is 12.7. The summed E-state index contributed by atoms with van der Waals surface area (Å²) in [7, 11) is 0. The molecule has 2 nitrogen and oxygen atoms in total. The molecule has 0 aliphatic carbocycles. The van der Waals surface area contributed by atoms with E-state index in [1.807, 2.05) is 13.0 Å². The Balaban J connectivity index is 3.28. The Hall–Kier alpha value is -1.05. The number of hydrogen-bond donors (Lipinski definition) is 0. The van der Waals surface area contributed by atoms with Gasteiger partial charge in [0.1, 0.15) is 0 Å². The second kappa shape index (κ2) is 15.0. The molecule has 0 aromatic carbocycles. The van der Waals surface area contributed by atoms with Crippen LogP contribution in [0.5, 0.6) is 0 Å². The number of hydrogen-bond acceptors (Lipinski definition) is 2. The molecule has 2 heteroatoms. The average Bonchev–Trinajstić information content (AvgIpc) is 2.41. The van der Waals surface area contributed by atoms with Crippen molar-refractivity contribution in [3.8, 4) is 0 Å². The molecule has 0 aliphatic rings. The van der Waals surface area contributed by atoms with Gasteiger partial charge in [-0.05, 0) is 45.4 Å². The number of rotatable bonds is 12. The lowest BCUT2D eigenvalue weighted by molar-refractivity contribution is -0.143. The number of carbonyl (C=O) groups is 1. The Morgan fingerprint density at radius 2 is 1.63 bits per heavy atom. The van der Waals surface area contributed by atoms with Gasteiger partial charge in [-0.25, -0.2) is 0 Å². The van der Waals surface area contributed by atoms with E-state index in [0.717, 1.165) is 25.7 Å². The Morgan fingerprint density at radius 1 is 0.947 bits per heavy atom. The first kappa shape index (κ1) is 17.9. The van der Waals surface area contributed by atoms with Gasteiger partial charge in [0.25, 0.3) is 0 Å². The molecule has 0 aromatic heterocycles. The standard InChI is InChI=1S/C17H30O2/c1-3-5-7-9-10-11-12-13-15-17(18)19-16-14-8-6-4-2/h4,6,10-11H,3,5,7-9,12-16H2,1-2H3/b6-4+,11-10+. The van der Waals surface area contributed by atoms with Crippen LogP contribution in [-0.2, 0) is 9.53 Å². The Bertz CT molecular complexity index is 254. The number of carbonyl (C=O) groups excluding carboxylic acids is 1. The molecule has 0 saturated carbocycles. The molecule has 19 heavy (non-hydrogen) atoms. The highest BCUT2D eigenvalue weighted by Gasteiger charge is 2.00. The maximum atomic E-state index is 11.4. The summed E-state index contributed by atoms with van der Waals surface area (Å²) in [5.41, 5.74) is 0. The van der Waals surface area contributed by atoms with Crippen molar-refractivity contribution in [1.29, 1.82) is 0 Å². The van der Waals surface area contributed by atoms with Crippen molar-refractivity contribution >= 4 is 5.97 Å². The van der Waals surface area contributed by atoms with E-state index in [0.29, 0.717) is 13.0 Å². The summed E-state index contributed by atoms with van der Waals surface area (Å²) in [5, 5.41) is 0. The molecule has 0 atom stereocenters. The monoisotopic (exact) mass is 266 g/mol. The summed E-state index contributed by atoms with van der Waals surface area (Å²) in [6.45, 7) is 4.77. The molecule has 0 rings (SSSR count). The van der Waals surface area contributed by atoms with Crippen LogP contribution in [0.1, 0.15) is 71.6 Å². The summed E-state index contributed by atoms with van der Waals surface area (Å²) in [6, 6.07) is 0. The van der Waals surface area contributed by atoms with Crippen LogP contribution < -0.4 is 0 Å². The molecule has 0 spiro atoms. The molecule has 0 amide bonds. The Morgan fingerprint density at radius 3 is 2.32 bits per heavy atom. The minimum atomic E-state index is -0.0557. The average molecular weight is 266 g/mol. The van der Waals surface area contributed by atoms with Crippen LogP contribution in [-0.4, -0.2) is 12.6 Å². The third kappa shape index (κ3) is 14.9. The first-order valence-corrected chi connectivity index (χ1v) is 7.73. The van der Waals surface area contributed by atoms with Crippen molar-refractivity contribution in [3.05, 3.63) is 24.3 Å². The number of ether oxygens (including phenoxy) is 1. The van der Waals surface area contributed by atoms with Crippen LogP contribution in [0.2, 0.25) is 0 Å². The second-order valence-electron chi connectivity index (χ2n) is 4.79. The Labute approximate surface area is 118 Å². The third-order valence-corrected chi connectivity index (χ3v) is 2.91. The maximum Gasteiger partial charge on any atom is 0.305 e. The lowest BCUT2D eigenvalue weighted by Crippen LogP contribution is -2.05. The Kier molecular flexibility index (Phi) is 14.2. The first-order valence-electron chi connectivity index (χ1n) is 7.73. The van der Waals surface area contributed by atoms with Crippen LogP contribution in [0.4, 0.5) is 0 Å². The third-order valence-electron chi connectivity index (χ3n) is 2.91. The summed E-state index contributed by atoms with van der Waals surface area (Å²) in [4.78, 5) is 11.4. The normalized spacial score (nSPS) is 11.5. The quantitative estimate of drug-likeness (QED) is 0.276. The van der Waals surface area contributed by atoms with Crippen molar-refractivity contribution in [3.63, 3.8) is 0 Å². The van der Waals surface area contributed by atoms with Crippen LogP contribution in [0.25, 0.3) is 0 Å². The van der Waals surface area contributed by atoms with Gasteiger partial charge in [0, 0.05) is 6.42 Å². The maximum absolute atomic E-state index is 11.4. The van der Waals surface area contributed by atoms with Gasteiger partial charge in [-0.2, -0.15) is 0 Å². The molecular formula is C17H30O2. The van der Waals surface area contributed by atoms with E-state index in [2.05, 4.69) is 25.2 Å². The van der Waals surface area contributed by atoms with Crippen LogP contribution >= 0.6 is 0 Å². The van der Waals surface area contributed by atoms with E-state index in [9.17, 15) is 4.79 Å². The molecule has 0 aromatic rings. The van der Waals surface area contributed by atoms with Gasteiger partial charge in [0.05, 0.1) is 6.61 Å². The smallest absolute Gasteiger partial charge is 0.305 e. The predicted octanol–water partition coefficient (Wildman–Crippen LogP) is 5.19. The van der Waals surface area contributed by atoms with Crippen LogP contribution in [0, 0.1) is 0 Å². The molecule has 0 saturated heterocycles. The summed E-state index contributed by atoms with van der Waals surface area (Å²) in [5.74, 6) is -0.0557. The molecule has 0 N–H and O–H groups in total. The molecule has 0 fully saturated rings. The van der Waals surface area contributed by atoms with E-state index in [-0.39, 0.29) is 5.97 Å². The summed E-state index contributed by atoms with van der Waals surface area (Å²) in [6.07, 6.45) is 17.9. The zero-order chi connectivity index (χ0) is 14.2. The number of unbranched alkanes of at least 4 members (excludes halogenated alkanes) is 5. The van der Waals surface area contributed by atoms with Crippen LogP contribution in [0.15, 0.2) is 24.3 Å². The second-order valence-corrected chi connectivity index (χ2v) is 4.79. The van der Waals surface area contributed by atoms with E-state index >= 15 is 0 Å². The van der Waals surface area contributed by atoms with E-state index in [1.165, 1.54) is 25.7 Å². The van der Waals surface area contributed by atoms with E-state index < -0.39 is 0 Å². The van der Waals surface area contributed by atoms with Gasteiger partial charge in [0.15, 0.2) is 0 Å². The predicted molar refractivity (Wildman–Crippen MR) is 82.1 cm³/mol. The lowest BCUT2D eigenvalue weighted by atomic mass is 10.1. The molecule has 0 aliphatic heterocycles. The van der Waals surface area contributed by atoms with Crippen molar-refractivity contribution in [2.75, 3.05) is 6.61 Å². The van der Waals surface area contributed by atoms with Crippen molar-refractivity contribution in [1.82, 2.24) is 0 Å². The summed E-state index contributed by atoms with van der Waals surface area (Å²) < 4.78 is 5.15. The fourth-order valence-corrected chi connectivity index (χ4v) is 1.74. The topological polar surface area (TPSA) is 26.3 Å². The van der Waals surface area contributed by atoms with E-state index in [1.54, 1.807) is 0 Å². The van der Waals surface area contributed by atoms with Crippen molar-refractivity contribution < 1.29 is 9.53 Å². The SMILES string of the molecule is C/C=C/CCCOC(=O)CCC/C=C/CCCCC. The van der Waals surface area contributed by atoms with Gasteiger partial charge in [-0.15, -0.1) is 0 Å². The fourth-order valence-electron chi connectivity index (χ4n) is 1.74. The molecule has 110 valence electrons. The highest BCUT2D eigenvalue weighted by Crippen LogP contribution is 2.03. The highest BCUT2D eigenvalue weighted by atomic mass is 16.5. The molecular weight excluding hydrogens is 236 g/mol. The number of allylic oxidation sites excluding steroid dienone is 4. The first-order chi connectivity index (χ1) is 9.31. The molecule has 0 heterocycles. The lowest BCUT2D eigenvalue weighted by Gasteiger charge is -2.02. The van der Waals surface area contributed by atoms with Crippen LogP contribution in [0.3, 0.4) is 0 Å². The molecule has 0 bridgehead atoms.